The molecule has 11 aromatic rings. The Balaban J connectivity index is 0.962. The fraction of sp³-hybridized carbons (Fsp3) is 0.0625. The minimum absolute atomic E-state index is 0.127. The Morgan fingerprint density at radius 1 is 0.277 bits per heavy atom. The lowest BCUT2D eigenvalue weighted by Crippen LogP contribution is -2.25. The minimum atomic E-state index is -0.377. The van der Waals surface area contributed by atoms with Crippen molar-refractivity contribution < 1.29 is 0 Å². The molecule has 0 saturated carbocycles. The van der Waals surface area contributed by atoms with Gasteiger partial charge in [0.15, 0.2) is 0 Å². The van der Waals surface area contributed by atoms with Crippen LogP contribution in [0.2, 0.25) is 0 Å². The van der Waals surface area contributed by atoms with Gasteiger partial charge in [0, 0.05) is 22.5 Å². The molecular formula is C64H43N. The van der Waals surface area contributed by atoms with Crippen molar-refractivity contribution in [2.45, 2.75) is 24.7 Å². The van der Waals surface area contributed by atoms with Gasteiger partial charge in [0.25, 0.3) is 0 Å². The third-order valence-electron chi connectivity index (χ3n) is 15.3. The van der Waals surface area contributed by atoms with Crippen LogP contribution in [0, 0.1) is 0 Å². The molecule has 0 bridgehead atoms. The van der Waals surface area contributed by atoms with Crippen LogP contribution >= 0.6 is 0 Å². The standard InChI is InChI=1S/C64H43N/c1-63(2)56-25-11-7-20-50(56)53-37-35-43(39-61(53)63)65(42-34-36-49-47-18-4-3-16-45(47)46-17-5-6-19-48(46)55(49)38-42)41-32-30-40(31-33-41)44-24-15-29-60-62(44)54-23-10-14-28-59(54)64(60)57-26-12-8-21-51(57)52-22-9-13-27-58(52)64/h3-39H,1-2H3. The van der Waals surface area contributed by atoms with E-state index in [-0.39, 0.29) is 10.8 Å². The lowest BCUT2D eigenvalue weighted by atomic mass is 9.70. The number of rotatable bonds is 4. The van der Waals surface area contributed by atoms with Crippen molar-refractivity contribution in [2.75, 3.05) is 4.90 Å². The fourth-order valence-electron chi connectivity index (χ4n) is 12.5. The summed E-state index contributed by atoms with van der Waals surface area (Å²) in [5.41, 5.74) is 21.5. The molecule has 0 radical (unpaired) electrons. The molecule has 1 heteroatoms. The highest BCUT2D eigenvalue weighted by atomic mass is 15.1. The second-order valence-corrected chi connectivity index (χ2v) is 18.7. The summed E-state index contributed by atoms with van der Waals surface area (Å²) in [7, 11) is 0. The van der Waals surface area contributed by atoms with E-state index in [9.17, 15) is 0 Å². The van der Waals surface area contributed by atoms with Crippen LogP contribution in [0.25, 0.3) is 76.8 Å². The van der Waals surface area contributed by atoms with Gasteiger partial charge in [-0.1, -0.05) is 202 Å². The molecule has 14 rings (SSSR count). The number of nitrogens with zero attached hydrogens (tertiary/aromatic N) is 1. The van der Waals surface area contributed by atoms with Crippen molar-refractivity contribution in [3.63, 3.8) is 0 Å². The Kier molecular flexibility index (Phi) is 7.45. The zero-order chi connectivity index (χ0) is 43.0. The summed E-state index contributed by atoms with van der Waals surface area (Å²) < 4.78 is 0. The van der Waals surface area contributed by atoms with Crippen molar-refractivity contribution in [1.29, 1.82) is 0 Å². The van der Waals surface area contributed by atoms with Crippen molar-refractivity contribution in [1.82, 2.24) is 0 Å². The molecule has 0 fully saturated rings. The fourth-order valence-corrected chi connectivity index (χ4v) is 12.5. The first kappa shape index (κ1) is 36.5. The maximum atomic E-state index is 2.47. The van der Waals surface area contributed by atoms with Crippen molar-refractivity contribution in [3.8, 4) is 44.5 Å². The molecule has 0 heterocycles. The maximum absolute atomic E-state index is 2.47. The van der Waals surface area contributed by atoms with Gasteiger partial charge in [0.05, 0.1) is 5.41 Å². The van der Waals surface area contributed by atoms with Gasteiger partial charge in [-0.3, -0.25) is 0 Å². The van der Waals surface area contributed by atoms with Crippen LogP contribution in [0.15, 0.2) is 224 Å². The third-order valence-corrected chi connectivity index (χ3v) is 15.3. The molecule has 0 saturated heterocycles. The first-order valence-electron chi connectivity index (χ1n) is 22.9. The van der Waals surface area contributed by atoms with Gasteiger partial charge in [-0.2, -0.15) is 0 Å². The molecule has 0 N–H and O–H groups in total. The average Bonchev–Trinajstić information content (AvgIpc) is 3.93. The monoisotopic (exact) mass is 825 g/mol. The summed E-state index contributed by atoms with van der Waals surface area (Å²) in [5.74, 6) is 0. The van der Waals surface area contributed by atoms with Gasteiger partial charge in [-0.15, -0.1) is 0 Å². The number of anilines is 3. The molecule has 1 spiro atoms. The molecule has 3 aliphatic rings. The SMILES string of the molecule is CC1(C)c2ccccc2-c2ccc(N(c3ccc(-c4cccc5c4-c4ccccc4C54c5ccccc5-c5ccccc54)cc3)c3ccc4c5ccccc5c5ccccc5c4c3)cc21. The number of benzene rings is 11. The van der Waals surface area contributed by atoms with Crippen LogP contribution in [0.5, 0.6) is 0 Å². The maximum Gasteiger partial charge on any atom is 0.0725 e. The predicted octanol–water partition coefficient (Wildman–Crippen LogP) is 16.9. The van der Waals surface area contributed by atoms with Crippen molar-refractivity contribution in [3.05, 3.63) is 258 Å². The van der Waals surface area contributed by atoms with E-state index in [1.807, 2.05) is 0 Å². The van der Waals surface area contributed by atoms with Crippen LogP contribution in [0.1, 0.15) is 47.2 Å². The van der Waals surface area contributed by atoms with Gasteiger partial charge in [-0.05, 0) is 147 Å². The highest BCUT2D eigenvalue weighted by molar-refractivity contribution is 6.25. The molecule has 0 unspecified atom stereocenters. The Bertz CT molecular complexity index is 3730. The first-order chi connectivity index (χ1) is 32.0. The van der Waals surface area contributed by atoms with E-state index in [2.05, 4.69) is 243 Å². The summed E-state index contributed by atoms with van der Waals surface area (Å²) in [4.78, 5) is 2.47. The van der Waals surface area contributed by atoms with E-state index in [1.165, 1.54) is 110 Å². The normalized spacial score (nSPS) is 14.2. The largest absolute Gasteiger partial charge is 0.310 e. The Labute approximate surface area is 379 Å². The first-order valence-corrected chi connectivity index (χ1v) is 22.9. The van der Waals surface area contributed by atoms with Gasteiger partial charge >= 0.3 is 0 Å². The van der Waals surface area contributed by atoms with Crippen LogP contribution in [-0.4, -0.2) is 0 Å². The number of fused-ring (bicyclic) bond motifs is 19. The number of hydrogen-bond donors (Lipinski definition) is 0. The van der Waals surface area contributed by atoms with E-state index in [1.54, 1.807) is 0 Å². The van der Waals surface area contributed by atoms with E-state index >= 15 is 0 Å². The molecular weight excluding hydrogens is 783 g/mol. The quantitative estimate of drug-likeness (QED) is 0.160. The molecule has 0 aromatic heterocycles. The summed E-state index contributed by atoms with van der Waals surface area (Å²) in [6, 6.07) is 84.4. The van der Waals surface area contributed by atoms with Gasteiger partial charge in [0.2, 0.25) is 0 Å². The summed E-state index contributed by atoms with van der Waals surface area (Å²) in [6.45, 7) is 4.74. The second-order valence-electron chi connectivity index (χ2n) is 18.7. The molecule has 0 amide bonds. The topological polar surface area (TPSA) is 3.24 Å². The smallest absolute Gasteiger partial charge is 0.0725 e. The molecule has 3 aliphatic carbocycles. The minimum Gasteiger partial charge on any atom is -0.310 e. The van der Waals surface area contributed by atoms with Crippen LogP contribution in [0.3, 0.4) is 0 Å². The van der Waals surface area contributed by atoms with E-state index in [0.717, 1.165) is 17.1 Å². The third kappa shape index (κ3) is 4.82. The Hall–Kier alpha value is -8.00. The lowest BCUT2D eigenvalue weighted by molar-refractivity contribution is 0.660. The molecule has 0 atom stereocenters. The molecule has 1 nitrogen and oxygen atoms in total. The Morgan fingerprint density at radius 2 is 0.692 bits per heavy atom. The van der Waals surface area contributed by atoms with Gasteiger partial charge in [-0.25, -0.2) is 0 Å². The van der Waals surface area contributed by atoms with Crippen molar-refractivity contribution in [2.24, 2.45) is 0 Å². The van der Waals surface area contributed by atoms with Crippen molar-refractivity contribution >= 4 is 49.4 Å². The zero-order valence-corrected chi connectivity index (χ0v) is 36.3. The zero-order valence-electron chi connectivity index (χ0n) is 36.3. The van der Waals surface area contributed by atoms with Gasteiger partial charge in [0.1, 0.15) is 0 Å². The van der Waals surface area contributed by atoms with Crippen LogP contribution in [0.4, 0.5) is 17.1 Å². The average molecular weight is 826 g/mol. The number of hydrogen-bond acceptors (Lipinski definition) is 1. The summed E-state index contributed by atoms with van der Waals surface area (Å²) in [6.07, 6.45) is 0. The highest BCUT2D eigenvalue weighted by Crippen LogP contribution is 2.64. The second kappa shape index (κ2) is 13.3. The summed E-state index contributed by atoms with van der Waals surface area (Å²) >= 11 is 0. The predicted molar refractivity (Wildman–Crippen MR) is 273 cm³/mol. The van der Waals surface area contributed by atoms with E-state index in [0.29, 0.717) is 0 Å². The molecule has 0 aliphatic heterocycles. The molecule has 11 aromatic carbocycles. The van der Waals surface area contributed by atoms with Crippen LogP contribution in [-0.2, 0) is 10.8 Å². The van der Waals surface area contributed by atoms with Gasteiger partial charge < -0.3 is 4.90 Å². The van der Waals surface area contributed by atoms with E-state index in [4.69, 9.17) is 0 Å². The Morgan fingerprint density at radius 3 is 1.32 bits per heavy atom. The molecule has 65 heavy (non-hydrogen) atoms. The van der Waals surface area contributed by atoms with E-state index < -0.39 is 0 Å². The van der Waals surface area contributed by atoms with Crippen LogP contribution < -0.4 is 4.90 Å². The summed E-state index contributed by atoms with van der Waals surface area (Å²) in [5, 5.41) is 7.65. The highest BCUT2D eigenvalue weighted by Gasteiger charge is 2.52. The lowest BCUT2D eigenvalue weighted by Gasteiger charge is -2.30. The molecule has 304 valence electrons.